The van der Waals surface area contributed by atoms with E-state index in [2.05, 4.69) is 47.9 Å². The first-order valence-corrected chi connectivity index (χ1v) is 10.5. The zero-order valence-corrected chi connectivity index (χ0v) is 17.1. The third-order valence-corrected chi connectivity index (χ3v) is 4.77. The first-order chi connectivity index (χ1) is 13.7. The van der Waals surface area contributed by atoms with E-state index in [4.69, 9.17) is 9.84 Å². The maximum Gasteiger partial charge on any atom is 0.328 e. The number of aryl methyl sites for hydroxylation is 1. The molecule has 2 rings (SSSR count). The van der Waals surface area contributed by atoms with Gasteiger partial charge in [0.25, 0.3) is 0 Å². The van der Waals surface area contributed by atoms with Crippen LogP contribution < -0.4 is 4.74 Å². The van der Waals surface area contributed by atoms with Gasteiger partial charge in [0.15, 0.2) is 0 Å². The molecule has 0 unspecified atom stereocenters. The Morgan fingerprint density at radius 1 is 1.00 bits per heavy atom. The molecule has 2 aromatic rings. The van der Waals surface area contributed by atoms with Crippen molar-refractivity contribution in [2.24, 2.45) is 0 Å². The lowest BCUT2D eigenvalue weighted by molar-refractivity contribution is -0.131. The van der Waals surface area contributed by atoms with Gasteiger partial charge in [-0.15, -0.1) is 0 Å². The Kier molecular flexibility index (Phi) is 10.2. The van der Waals surface area contributed by atoms with E-state index >= 15 is 0 Å². The number of aliphatic carboxylic acids is 1. The van der Waals surface area contributed by atoms with E-state index in [0.717, 1.165) is 31.0 Å². The topological polar surface area (TPSA) is 59.4 Å². The normalized spacial score (nSPS) is 11.0. The van der Waals surface area contributed by atoms with Gasteiger partial charge in [0, 0.05) is 11.8 Å². The molecular formula is C23H29NO3S. The molecular weight excluding hydrogens is 370 g/mol. The molecule has 0 saturated heterocycles. The molecule has 0 amide bonds. The molecule has 0 atom stereocenters. The highest BCUT2D eigenvalue weighted by Gasteiger charge is 2.05. The van der Waals surface area contributed by atoms with Gasteiger partial charge in [0.2, 0.25) is 0 Å². The minimum absolute atomic E-state index is 0.498. The Bertz CT molecular complexity index is 747. The van der Waals surface area contributed by atoms with Crippen molar-refractivity contribution in [1.29, 1.82) is 0 Å². The Labute approximate surface area is 173 Å². The van der Waals surface area contributed by atoms with Crippen LogP contribution in [0.2, 0.25) is 0 Å². The number of rotatable bonds is 13. The highest BCUT2D eigenvalue weighted by atomic mass is 32.1. The van der Waals surface area contributed by atoms with Crippen LogP contribution in [0, 0.1) is 0 Å². The number of pyridine rings is 1. The fraction of sp³-hybridized carbons (Fsp3) is 0.391. The van der Waals surface area contributed by atoms with E-state index in [0.29, 0.717) is 23.8 Å². The molecule has 0 aliphatic carbocycles. The summed E-state index contributed by atoms with van der Waals surface area (Å²) in [5.74, 6) is 0.112. The average Bonchev–Trinajstić information content (AvgIpc) is 2.72. The first-order valence-electron chi connectivity index (χ1n) is 9.87. The van der Waals surface area contributed by atoms with Crippen LogP contribution >= 0.6 is 12.6 Å². The van der Waals surface area contributed by atoms with Crippen LogP contribution in [0.4, 0.5) is 0 Å². The lowest BCUT2D eigenvalue weighted by Gasteiger charge is -2.10. The fourth-order valence-corrected chi connectivity index (χ4v) is 3.13. The number of nitrogens with zero attached hydrogens (tertiary/aromatic N) is 1. The molecule has 1 aromatic carbocycles. The quantitative estimate of drug-likeness (QED) is 0.263. The number of hydrogen-bond acceptors (Lipinski definition) is 4. The molecule has 0 radical (unpaired) electrons. The Morgan fingerprint density at radius 3 is 2.43 bits per heavy atom. The molecule has 4 nitrogen and oxygen atoms in total. The Hall–Kier alpha value is -2.27. The summed E-state index contributed by atoms with van der Waals surface area (Å²) in [4.78, 5) is 15.1. The number of unbranched alkanes of at least 4 members (excludes halogenated alkanes) is 5. The summed E-state index contributed by atoms with van der Waals surface area (Å²) >= 11 is 4.21. The molecule has 150 valence electrons. The fourth-order valence-electron chi connectivity index (χ4n) is 2.95. The van der Waals surface area contributed by atoms with Crippen LogP contribution in [0.3, 0.4) is 0 Å². The lowest BCUT2D eigenvalue weighted by atomic mass is 10.1. The average molecular weight is 400 g/mol. The van der Waals surface area contributed by atoms with Gasteiger partial charge in [0.05, 0.1) is 12.3 Å². The molecule has 0 spiro atoms. The number of benzene rings is 1. The highest BCUT2D eigenvalue weighted by Crippen LogP contribution is 2.20. The minimum atomic E-state index is -1.00. The van der Waals surface area contributed by atoms with Crippen molar-refractivity contribution in [2.75, 3.05) is 6.61 Å². The van der Waals surface area contributed by atoms with Gasteiger partial charge in [-0.1, -0.05) is 56.0 Å². The molecule has 0 aliphatic rings. The number of aromatic nitrogens is 1. The maximum absolute atomic E-state index is 10.8. The van der Waals surface area contributed by atoms with Crippen molar-refractivity contribution in [2.45, 2.75) is 50.7 Å². The van der Waals surface area contributed by atoms with E-state index in [1.165, 1.54) is 37.3 Å². The molecule has 5 heteroatoms. The molecule has 1 N–H and O–H groups in total. The zero-order chi connectivity index (χ0) is 20.0. The second kappa shape index (κ2) is 13.0. The Balaban J connectivity index is 1.63. The third kappa shape index (κ3) is 8.61. The number of thiol groups is 1. The van der Waals surface area contributed by atoms with Crippen molar-refractivity contribution in [3.8, 4) is 5.75 Å². The van der Waals surface area contributed by atoms with E-state index in [1.807, 2.05) is 12.1 Å². The van der Waals surface area contributed by atoms with Gasteiger partial charge in [-0.25, -0.2) is 9.78 Å². The van der Waals surface area contributed by atoms with E-state index in [9.17, 15) is 4.79 Å². The van der Waals surface area contributed by atoms with Crippen molar-refractivity contribution in [3.63, 3.8) is 0 Å². The maximum atomic E-state index is 10.8. The summed E-state index contributed by atoms with van der Waals surface area (Å²) in [6.45, 7) is 0.611. The third-order valence-electron chi connectivity index (χ3n) is 4.45. The highest BCUT2D eigenvalue weighted by molar-refractivity contribution is 7.79. The van der Waals surface area contributed by atoms with Gasteiger partial charge in [0.1, 0.15) is 11.4 Å². The molecule has 28 heavy (non-hydrogen) atoms. The SMILES string of the molecule is O=C(O)C=Cc1nc(CS)ccc1OCCCCCCCCc1ccccc1. The smallest absolute Gasteiger partial charge is 0.328 e. The molecule has 0 aliphatic heterocycles. The van der Waals surface area contributed by atoms with Gasteiger partial charge in [-0.3, -0.25) is 0 Å². The number of carbonyl (C=O) groups is 1. The van der Waals surface area contributed by atoms with Gasteiger partial charge >= 0.3 is 5.97 Å². The second-order valence-electron chi connectivity index (χ2n) is 6.72. The monoisotopic (exact) mass is 399 g/mol. The molecule has 0 bridgehead atoms. The van der Waals surface area contributed by atoms with Gasteiger partial charge in [-0.2, -0.15) is 12.6 Å². The summed E-state index contributed by atoms with van der Waals surface area (Å²) in [5.41, 5.74) is 2.74. The van der Waals surface area contributed by atoms with Gasteiger partial charge < -0.3 is 9.84 Å². The number of carboxylic acids is 1. The standard InChI is InChI=1S/C23H29NO3S/c25-23(26)16-14-21-22(15-13-20(18-28)24-21)27-17-9-4-2-1-3-6-10-19-11-7-5-8-12-19/h5,7-8,11-16,28H,1-4,6,9-10,17-18H2,(H,25,26). The summed E-state index contributed by atoms with van der Waals surface area (Å²) in [6.07, 6.45) is 10.8. The second-order valence-corrected chi connectivity index (χ2v) is 7.04. The van der Waals surface area contributed by atoms with Crippen LogP contribution in [0.5, 0.6) is 5.75 Å². The molecule has 0 fully saturated rings. The van der Waals surface area contributed by atoms with Crippen molar-refractivity contribution in [3.05, 3.63) is 65.5 Å². The lowest BCUT2D eigenvalue weighted by Crippen LogP contribution is -2.01. The predicted octanol–water partition coefficient (Wildman–Crippen LogP) is 5.57. The summed E-state index contributed by atoms with van der Waals surface area (Å²) in [6, 6.07) is 14.3. The van der Waals surface area contributed by atoms with Crippen LogP contribution in [0.1, 0.15) is 55.5 Å². The van der Waals surface area contributed by atoms with Crippen molar-refractivity contribution >= 4 is 24.7 Å². The number of carboxylic acid groups (broad SMARTS) is 1. The summed E-state index contributed by atoms with van der Waals surface area (Å²) < 4.78 is 5.82. The largest absolute Gasteiger partial charge is 0.491 e. The minimum Gasteiger partial charge on any atom is -0.491 e. The number of hydrogen-bond donors (Lipinski definition) is 2. The van der Waals surface area contributed by atoms with Crippen LogP contribution in [-0.4, -0.2) is 22.7 Å². The number of ether oxygens (including phenoxy) is 1. The van der Waals surface area contributed by atoms with Gasteiger partial charge in [-0.05, 0) is 43.0 Å². The van der Waals surface area contributed by atoms with E-state index in [1.54, 1.807) is 0 Å². The molecule has 0 saturated carbocycles. The predicted molar refractivity (Wildman–Crippen MR) is 117 cm³/mol. The van der Waals surface area contributed by atoms with E-state index in [-0.39, 0.29) is 0 Å². The van der Waals surface area contributed by atoms with E-state index < -0.39 is 5.97 Å². The molecule has 1 heterocycles. The summed E-state index contributed by atoms with van der Waals surface area (Å²) in [5, 5.41) is 8.82. The van der Waals surface area contributed by atoms with Crippen LogP contribution in [0.25, 0.3) is 6.08 Å². The zero-order valence-electron chi connectivity index (χ0n) is 16.2. The molecule has 1 aromatic heterocycles. The van der Waals surface area contributed by atoms with Crippen LogP contribution in [0.15, 0.2) is 48.5 Å². The first kappa shape index (κ1) is 22.0. The van der Waals surface area contributed by atoms with Crippen molar-refractivity contribution < 1.29 is 14.6 Å². The van der Waals surface area contributed by atoms with Crippen LogP contribution in [-0.2, 0) is 17.0 Å². The Morgan fingerprint density at radius 2 is 1.71 bits per heavy atom. The summed E-state index contributed by atoms with van der Waals surface area (Å²) in [7, 11) is 0. The van der Waals surface area contributed by atoms with Crippen molar-refractivity contribution in [1.82, 2.24) is 4.98 Å².